The summed E-state index contributed by atoms with van der Waals surface area (Å²) in [6, 6.07) is 23.7. The third-order valence-electron chi connectivity index (χ3n) is 4.95. The van der Waals surface area contributed by atoms with Crippen molar-refractivity contribution in [3.8, 4) is 11.8 Å². The number of sulfonamides is 1. The fraction of sp³-hybridized carbons (Fsp3) is 0.0800. The maximum Gasteiger partial charge on any atom is 0.258 e. The largest absolute Gasteiger partial charge is 0.311 e. The summed E-state index contributed by atoms with van der Waals surface area (Å²) in [4.78, 5) is 13.0. The van der Waals surface area contributed by atoms with Crippen LogP contribution in [0.5, 0.6) is 0 Å². The molecule has 154 valence electrons. The van der Waals surface area contributed by atoms with Crippen molar-refractivity contribution < 1.29 is 8.42 Å². The molecule has 3 aromatic carbocycles. The lowest BCUT2D eigenvalue weighted by molar-refractivity contribution is 0.597. The third-order valence-corrected chi connectivity index (χ3v) is 5.88. The number of benzene rings is 3. The van der Waals surface area contributed by atoms with Crippen LogP contribution in [0.3, 0.4) is 0 Å². The highest BCUT2D eigenvalue weighted by Crippen LogP contribution is 2.14. The molecule has 0 unspecified atom stereocenters. The number of primary sulfonamides is 1. The van der Waals surface area contributed by atoms with Crippen LogP contribution in [-0.2, 0) is 23.0 Å². The molecule has 0 spiro atoms. The lowest BCUT2D eigenvalue weighted by atomic mass is 10.1. The average Bonchev–Trinajstić information content (AvgIpc) is 2.76. The summed E-state index contributed by atoms with van der Waals surface area (Å²) in [5, 5.41) is 6.57. The van der Waals surface area contributed by atoms with Crippen LogP contribution in [0.15, 0.2) is 94.7 Å². The van der Waals surface area contributed by atoms with E-state index in [9.17, 15) is 13.2 Å². The molecule has 0 bridgehead atoms. The number of rotatable bonds is 4. The quantitative estimate of drug-likeness (QED) is 0.507. The molecule has 1 heterocycles. The monoisotopic (exact) mass is 428 g/mol. The molecule has 0 aliphatic rings. The molecule has 4 rings (SSSR count). The van der Waals surface area contributed by atoms with E-state index in [1.807, 2.05) is 54.6 Å². The van der Waals surface area contributed by atoms with Crippen molar-refractivity contribution in [3.63, 3.8) is 0 Å². The van der Waals surface area contributed by atoms with Gasteiger partial charge in [-0.05, 0) is 46.8 Å². The van der Waals surface area contributed by atoms with E-state index in [1.54, 1.807) is 22.9 Å². The van der Waals surface area contributed by atoms with Gasteiger partial charge in [-0.1, -0.05) is 60.4 Å². The smallest absolute Gasteiger partial charge is 0.258 e. The predicted octanol–water partition coefficient (Wildman–Crippen LogP) is 3.29. The molecule has 0 radical (unpaired) electrons. The van der Waals surface area contributed by atoms with Crippen molar-refractivity contribution in [2.75, 3.05) is 0 Å². The van der Waals surface area contributed by atoms with E-state index in [0.29, 0.717) is 18.4 Å². The zero-order chi connectivity index (χ0) is 21.8. The van der Waals surface area contributed by atoms with Crippen molar-refractivity contribution >= 4 is 20.8 Å². The van der Waals surface area contributed by atoms with Gasteiger partial charge in [-0.3, -0.25) is 4.79 Å². The van der Waals surface area contributed by atoms with Crippen LogP contribution < -0.4 is 10.7 Å². The van der Waals surface area contributed by atoms with E-state index in [1.165, 1.54) is 12.1 Å². The Morgan fingerprint density at radius 1 is 0.871 bits per heavy atom. The summed E-state index contributed by atoms with van der Waals surface area (Å²) in [6.07, 6.45) is 2.38. The molecule has 0 aliphatic heterocycles. The number of fused-ring (bicyclic) bond motifs is 1. The second kappa shape index (κ2) is 8.60. The van der Waals surface area contributed by atoms with Gasteiger partial charge in [0.2, 0.25) is 10.0 Å². The fourth-order valence-corrected chi connectivity index (χ4v) is 3.82. The van der Waals surface area contributed by atoms with Gasteiger partial charge in [0.25, 0.3) is 5.56 Å². The van der Waals surface area contributed by atoms with Gasteiger partial charge in [0.15, 0.2) is 0 Å². The first-order valence-electron chi connectivity index (χ1n) is 9.68. The second-order valence-electron chi connectivity index (χ2n) is 7.20. The van der Waals surface area contributed by atoms with E-state index in [0.717, 1.165) is 22.1 Å². The Bertz CT molecular complexity index is 1460. The Labute approximate surface area is 180 Å². The van der Waals surface area contributed by atoms with Gasteiger partial charge in [0.05, 0.1) is 11.4 Å². The van der Waals surface area contributed by atoms with Crippen LogP contribution in [0.2, 0.25) is 0 Å². The first-order chi connectivity index (χ1) is 14.9. The van der Waals surface area contributed by atoms with Crippen LogP contribution >= 0.6 is 0 Å². The molecule has 5 nitrogen and oxygen atoms in total. The number of pyridine rings is 1. The number of hydrogen-bond acceptors (Lipinski definition) is 3. The Balaban J connectivity index is 1.60. The molecule has 1 aromatic heterocycles. The summed E-state index contributed by atoms with van der Waals surface area (Å²) in [5.41, 5.74) is 2.61. The first-order valence-corrected chi connectivity index (χ1v) is 11.2. The van der Waals surface area contributed by atoms with Gasteiger partial charge in [-0.15, -0.1) is 0 Å². The lowest BCUT2D eigenvalue weighted by Gasteiger charge is -2.08. The highest BCUT2D eigenvalue weighted by Gasteiger charge is 2.08. The Kier molecular flexibility index (Phi) is 5.72. The van der Waals surface area contributed by atoms with Crippen molar-refractivity contribution in [2.45, 2.75) is 17.9 Å². The maximum absolute atomic E-state index is 13.0. The van der Waals surface area contributed by atoms with Gasteiger partial charge >= 0.3 is 0 Å². The van der Waals surface area contributed by atoms with Gasteiger partial charge in [0.1, 0.15) is 0 Å². The van der Waals surface area contributed by atoms with Crippen molar-refractivity contribution in [2.24, 2.45) is 5.14 Å². The Hall–Kier alpha value is -3.66. The van der Waals surface area contributed by atoms with Gasteiger partial charge in [-0.2, -0.15) is 0 Å². The van der Waals surface area contributed by atoms with Crippen molar-refractivity contribution in [1.82, 2.24) is 4.57 Å². The van der Waals surface area contributed by atoms with Gasteiger partial charge in [0, 0.05) is 23.6 Å². The van der Waals surface area contributed by atoms with Crippen LogP contribution in [0, 0.1) is 11.8 Å². The molecule has 0 saturated heterocycles. The molecule has 0 fully saturated rings. The van der Waals surface area contributed by atoms with Crippen LogP contribution in [0.25, 0.3) is 10.8 Å². The Morgan fingerprint density at radius 2 is 1.61 bits per heavy atom. The van der Waals surface area contributed by atoms with Gasteiger partial charge in [-0.25, -0.2) is 13.6 Å². The number of nitrogens with two attached hydrogens (primary N) is 1. The molecule has 6 heteroatoms. The van der Waals surface area contributed by atoms with E-state index in [-0.39, 0.29) is 10.5 Å². The van der Waals surface area contributed by atoms with Crippen LogP contribution in [0.4, 0.5) is 0 Å². The topological polar surface area (TPSA) is 82.2 Å². The average molecular weight is 429 g/mol. The summed E-state index contributed by atoms with van der Waals surface area (Å²) < 4.78 is 24.4. The SMILES string of the molecule is NS(=O)(=O)c1ccc(Cn2ccc3ccc(C#CCc4ccccc4)cc3c2=O)cc1. The molecule has 2 N–H and O–H groups in total. The Morgan fingerprint density at radius 3 is 2.32 bits per heavy atom. The van der Waals surface area contributed by atoms with Crippen molar-refractivity contribution in [1.29, 1.82) is 0 Å². The molecular weight excluding hydrogens is 408 g/mol. The van der Waals surface area contributed by atoms with Crippen molar-refractivity contribution in [3.05, 3.63) is 112 Å². The summed E-state index contributed by atoms with van der Waals surface area (Å²) in [6.45, 7) is 0.323. The summed E-state index contributed by atoms with van der Waals surface area (Å²) >= 11 is 0. The maximum atomic E-state index is 13.0. The number of aromatic nitrogens is 1. The normalized spacial score (nSPS) is 11.1. The molecule has 4 aromatic rings. The number of hydrogen-bond donors (Lipinski definition) is 1. The van der Waals surface area contributed by atoms with E-state index >= 15 is 0 Å². The zero-order valence-electron chi connectivity index (χ0n) is 16.7. The summed E-state index contributed by atoms with van der Waals surface area (Å²) in [5.74, 6) is 6.29. The summed E-state index contributed by atoms with van der Waals surface area (Å²) in [7, 11) is -3.74. The second-order valence-corrected chi connectivity index (χ2v) is 8.77. The minimum atomic E-state index is -3.74. The minimum absolute atomic E-state index is 0.0424. The van der Waals surface area contributed by atoms with Crippen LogP contribution in [0.1, 0.15) is 16.7 Å². The highest BCUT2D eigenvalue weighted by molar-refractivity contribution is 7.89. The highest BCUT2D eigenvalue weighted by atomic mass is 32.2. The van der Waals surface area contributed by atoms with E-state index < -0.39 is 10.0 Å². The molecule has 31 heavy (non-hydrogen) atoms. The zero-order valence-corrected chi connectivity index (χ0v) is 17.5. The van der Waals surface area contributed by atoms with E-state index in [2.05, 4.69) is 11.8 Å². The molecule has 0 amide bonds. The molecular formula is C25H20N2O3S. The van der Waals surface area contributed by atoms with Gasteiger partial charge < -0.3 is 4.57 Å². The third kappa shape index (κ3) is 4.92. The fourth-order valence-electron chi connectivity index (χ4n) is 3.31. The lowest BCUT2D eigenvalue weighted by Crippen LogP contribution is -2.20. The molecule has 0 aliphatic carbocycles. The van der Waals surface area contributed by atoms with Crippen LogP contribution in [-0.4, -0.2) is 13.0 Å². The number of nitrogens with zero attached hydrogens (tertiary/aromatic N) is 1. The first kappa shape index (κ1) is 20.6. The molecule has 0 atom stereocenters. The minimum Gasteiger partial charge on any atom is -0.311 e. The predicted molar refractivity (Wildman–Crippen MR) is 122 cm³/mol. The van der Waals surface area contributed by atoms with E-state index in [4.69, 9.17) is 5.14 Å². The standard InChI is InChI=1S/C25H20N2O3S/c26-31(29,30)23-13-10-21(11-14-23)18-27-16-15-22-12-9-20(17-24(22)25(27)28)8-4-7-19-5-2-1-3-6-19/h1-3,5-6,9-17H,7,18H2,(H2,26,29,30). The molecule has 0 saturated carbocycles.